The van der Waals surface area contributed by atoms with Crippen LogP contribution in [0.5, 0.6) is 5.75 Å². The third-order valence-corrected chi connectivity index (χ3v) is 4.63. The predicted octanol–water partition coefficient (Wildman–Crippen LogP) is 2.30. The van der Waals surface area contributed by atoms with Crippen molar-refractivity contribution in [3.8, 4) is 5.75 Å². The number of hydrogen-bond acceptors (Lipinski definition) is 6. The summed E-state index contributed by atoms with van der Waals surface area (Å²) >= 11 is 3.43. The van der Waals surface area contributed by atoms with Gasteiger partial charge in [0.1, 0.15) is 5.75 Å². The van der Waals surface area contributed by atoms with E-state index in [-0.39, 0.29) is 19.1 Å². The fourth-order valence-corrected chi connectivity index (χ4v) is 3.37. The minimum Gasteiger partial charge on any atom is -0.484 e. The van der Waals surface area contributed by atoms with Crippen LogP contribution in [0.3, 0.4) is 0 Å². The molecule has 0 aliphatic carbocycles. The first-order valence-corrected chi connectivity index (χ1v) is 10.5. The molecule has 9 nitrogen and oxygen atoms in total. The highest BCUT2D eigenvalue weighted by Crippen LogP contribution is 2.25. The molecular formula is C22H25BrN4O5. The smallest absolute Gasteiger partial charge is 0.329 e. The van der Waals surface area contributed by atoms with Crippen LogP contribution in [-0.4, -0.2) is 50.8 Å². The van der Waals surface area contributed by atoms with Crippen molar-refractivity contribution in [1.82, 2.24) is 10.7 Å². The van der Waals surface area contributed by atoms with Crippen LogP contribution in [0.2, 0.25) is 0 Å². The summed E-state index contributed by atoms with van der Waals surface area (Å²) in [7, 11) is 1.49. The van der Waals surface area contributed by atoms with Crippen LogP contribution >= 0.6 is 15.9 Å². The fourth-order valence-electron chi connectivity index (χ4n) is 2.68. The standard InChI is InChI=1S/C22H25BrN4O5/c1-14-9-17(23)10-15(2)20(14)26-19(28)13-32-18-6-4-5-16(11-18)12-25-27-22(30)21(29)24-7-8-31-3/h4-6,9-12H,7-8,13H2,1-3H3,(H,24,29)(H,26,28)(H,27,30)/b25-12-. The zero-order valence-corrected chi connectivity index (χ0v) is 19.6. The van der Waals surface area contributed by atoms with Crippen molar-refractivity contribution in [1.29, 1.82) is 0 Å². The molecule has 0 spiro atoms. The van der Waals surface area contributed by atoms with Gasteiger partial charge < -0.3 is 20.1 Å². The van der Waals surface area contributed by atoms with E-state index in [4.69, 9.17) is 9.47 Å². The number of hydrazone groups is 1. The second-order valence-corrected chi connectivity index (χ2v) is 7.69. The molecule has 32 heavy (non-hydrogen) atoms. The Kier molecular flexibility index (Phi) is 9.83. The van der Waals surface area contributed by atoms with Crippen LogP contribution in [0, 0.1) is 13.8 Å². The number of benzene rings is 2. The second-order valence-electron chi connectivity index (χ2n) is 6.77. The molecule has 2 aromatic rings. The highest BCUT2D eigenvalue weighted by molar-refractivity contribution is 9.10. The van der Waals surface area contributed by atoms with Gasteiger partial charge in [-0.3, -0.25) is 14.4 Å². The van der Waals surface area contributed by atoms with E-state index in [0.29, 0.717) is 17.9 Å². The van der Waals surface area contributed by atoms with Crippen LogP contribution in [-0.2, 0) is 19.1 Å². The lowest BCUT2D eigenvalue weighted by Gasteiger charge is -2.13. The maximum Gasteiger partial charge on any atom is 0.329 e. The van der Waals surface area contributed by atoms with E-state index >= 15 is 0 Å². The molecule has 0 fully saturated rings. The minimum atomic E-state index is -0.889. The van der Waals surface area contributed by atoms with Gasteiger partial charge in [-0.2, -0.15) is 5.10 Å². The number of halogens is 1. The Morgan fingerprint density at radius 3 is 2.50 bits per heavy atom. The Morgan fingerprint density at radius 2 is 1.81 bits per heavy atom. The molecule has 2 rings (SSSR count). The number of carbonyl (C=O) groups excluding carboxylic acids is 3. The Labute approximate surface area is 194 Å². The molecule has 0 aliphatic rings. The summed E-state index contributed by atoms with van der Waals surface area (Å²) in [6, 6.07) is 10.6. The first kappa shape index (κ1) is 25.0. The van der Waals surface area contributed by atoms with E-state index in [1.165, 1.54) is 13.3 Å². The zero-order chi connectivity index (χ0) is 23.5. The number of hydrogen-bond donors (Lipinski definition) is 3. The quantitative estimate of drug-likeness (QED) is 0.209. The fraction of sp³-hybridized carbons (Fsp3) is 0.273. The Hall–Kier alpha value is -3.24. The highest BCUT2D eigenvalue weighted by Gasteiger charge is 2.11. The van der Waals surface area contributed by atoms with Crippen molar-refractivity contribution < 1.29 is 23.9 Å². The van der Waals surface area contributed by atoms with E-state index in [1.807, 2.05) is 26.0 Å². The van der Waals surface area contributed by atoms with Gasteiger partial charge in [0.2, 0.25) is 0 Å². The van der Waals surface area contributed by atoms with Gasteiger partial charge in [0.15, 0.2) is 6.61 Å². The Bertz CT molecular complexity index is 987. The lowest BCUT2D eigenvalue weighted by molar-refractivity contribution is -0.139. The number of nitrogens with zero attached hydrogens (tertiary/aromatic N) is 1. The highest BCUT2D eigenvalue weighted by atomic mass is 79.9. The molecule has 0 saturated heterocycles. The number of rotatable bonds is 9. The SMILES string of the molecule is COCCNC(=O)C(=O)N/N=C\c1cccc(OCC(=O)Nc2c(C)cc(Br)cc2C)c1. The Morgan fingerprint density at radius 1 is 1.09 bits per heavy atom. The number of aryl methyl sites for hydroxylation is 2. The zero-order valence-electron chi connectivity index (χ0n) is 18.0. The van der Waals surface area contributed by atoms with E-state index in [9.17, 15) is 14.4 Å². The van der Waals surface area contributed by atoms with Crippen molar-refractivity contribution in [3.63, 3.8) is 0 Å². The number of carbonyl (C=O) groups is 3. The van der Waals surface area contributed by atoms with E-state index in [1.54, 1.807) is 24.3 Å². The van der Waals surface area contributed by atoms with Gasteiger partial charge in [-0.05, 0) is 54.8 Å². The monoisotopic (exact) mass is 504 g/mol. The van der Waals surface area contributed by atoms with Crippen molar-refractivity contribution in [2.24, 2.45) is 5.10 Å². The molecule has 2 aromatic carbocycles. The maximum atomic E-state index is 12.3. The summed E-state index contributed by atoms with van der Waals surface area (Å²) in [6.45, 7) is 4.18. The Balaban J connectivity index is 1.86. The summed E-state index contributed by atoms with van der Waals surface area (Å²) in [5, 5.41) is 9.00. The largest absolute Gasteiger partial charge is 0.484 e. The van der Waals surface area contributed by atoms with Gasteiger partial charge in [0.05, 0.1) is 12.8 Å². The molecule has 10 heteroatoms. The maximum absolute atomic E-state index is 12.3. The molecule has 0 aromatic heterocycles. The minimum absolute atomic E-state index is 0.173. The van der Waals surface area contributed by atoms with Gasteiger partial charge in [0.25, 0.3) is 5.91 Å². The summed E-state index contributed by atoms with van der Waals surface area (Å²) < 4.78 is 11.3. The van der Waals surface area contributed by atoms with Gasteiger partial charge in [-0.15, -0.1) is 0 Å². The lowest BCUT2D eigenvalue weighted by atomic mass is 10.1. The number of anilines is 1. The number of nitrogens with one attached hydrogen (secondary N) is 3. The first-order chi connectivity index (χ1) is 15.3. The van der Waals surface area contributed by atoms with Crippen LogP contribution in [0.25, 0.3) is 0 Å². The molecule has 0 radical (unpaired) electrons. The van der Waals surface area contributed by atoms with E-state index in [2.05, 4.69) is 37.1 Å². The molecule has 170 valence electrons. The summed E-state index contributed by atoms with van der Waals surface area (Å²) in [5.41, 5.74) is 5.39. The van der Waals surface area contributed by atoms with E-state index in [0.717, 1.165) is 21.3 Å². The topological polar surface area (TPSA) is 118 Å². The molecule has 3 amide bonds. The van der Waals surface area contributed by atoms with Crippen molar-refractivity contribution in [3.05, 3.63) is 57.6 Å². The van der Waals surface area contributed by atoms with Gasteiger partial charge in [-0.1, -0.05) is 28.1 Å². The van der Waals surface area contributed by atoms with Crippen molar-refractivity contribution in [2.75, 3.05) is 32.2 Å². The average molecular weight is 505 g/mol. The number of amides is 3. The van der Waals surface area contributed by atoms with Gasteiger partial charge in [-0.25, -0.2) is 5.43 Å². The normalized spacial score (nSPS) is 10.6. The van der Waals surface area contributed by atoms with Gasteiger partial charge in [0, 0.05) is 23.8 Å². The third-order valence-electron chi connectivity index (χ3n) is 4.17. The summed E-state index contributed by atoms with van der Waals surface area (Å²) in [6.07, 6.45) is 1.36. The van der Waals surface area contributed by atoms with Crippen LogP contribution in [0.4, 0.5) is 5.69 Å². The van der Waals surface area contributed by atoms with Gasteiger partial charge >= 0.3 is 11.8 Å². The van der Waals surface area contributed by atoms with Crippen molar-refractivity contribution >= 4 is 45.6 Å². The number of ether oxygens (including phenoxy) is 2. The molecule has 0 bridgehead atoms. The molecule has 0 saturated carbocycles. The number of methoxy groups -OCH3 is 1. The average Bonchev–Trinajstić information content (AvgIpc) is 2.75. The second kappa shape index (κ2) is 12.6. The van der Waals surface area contributed by atoms with Crippen LogP contribution < -0.4 is 20.8 Å². The van der Waals surface area contributed by atoms with Crippen LogP contribution in [0.1, 0.15) is 16.7 Å². The van der Waals surface area contributed by atoms with Crippen LogP contribution in [0.15, 0.2) is 46.0 Å². The third kappa shape index (κ3) is 8.12. The summed E-state index contributed by atoms with van der Waals surface area (Å²) in [5.74, 6) is -1.53. The molecular weight excluding hydrogens is 480 g/mol. The molecule has 0 atom stereocenters. The molecule has 0 aliphatic heterocycles. The molecule has 0 unspecified atom stereocenters. The van der Waals surface area contributed by atoms with Crippen molar-refractivity contribution in [2.45, 2.75) is 13.8 Å². The molecule has 0 heterocycles. The lowest BCUT2D eigenvalue weighted by Crippen LogP contribution is -2.39. The van der Waals surface area contributed by atoms with E-state index < -0.39 is 11.8 Å². The summed E-state index contributed by atoms with van der Waals surface area (Å²) in [4.78, 5) is 35.5. The molecule has 3 N–H and O–H groups in total. The first-order valence-electron chi connectivity index (χ1n) is 9.69. The predicted molar refractivity (Wildman–Crippen MR) is 125 cm³/mol.